The zero-order valence-corrected chi connectivity index (χ0v) is 12.5. The number of piperidine rings is 1. The number of carbonyl (C=O) groups is 1. The highest BCUT2D eigenvalue weighted by molar-refractivity contribution is 5.94. The van der Waals surface area contributed by atoms with Crippen LogP contribution in [-0.4, -0.2) is 27.3 Å². The Morgan fingerprint density at radius 2 is 1.86 bits per heavy atom. The average Bonchev–Trinajstić information content (AvgIpc) is 2.56. The minimum Gasteiger partial charge on any atom is -0.332 e. The summed E-state index contributed by atoms with van der Waals surface area (Å²) in [5.41, 5.74) is 1.47. The van der Waals surface area contributed by atoms with Crippen molar-refractivity contribution in [1.82, 2.24) is 14.9 Å². The topological polar surface area (TPSA) is 46.1 Å². The molecule has 1 amide bonds. The lowest BCUT2D eigenvalue weighted by atomic mass is 9.94. The van der Waals surface area contributed by atoms with Crippen molar-refractivity contribution in [1.29, 1.82) is 0 Å². The fourth-order valence-electron chi connectivity index (χ4n) is 2.87. The molecule has 114 valence electrons. The molecule has 0 bridgehead atoms. The Balaban J connectivity index is 1.87. The maximum absolute atomic E-state index is 13.1. The molecule has 0 saturated carbocycles. The van der Waals surface area contributed by atoms with E-state index in [9.17, 15) is 9.18 Å². The number of likely N-dealkylation sites (tertiary alicyclic amines) is 1. The molecule has 0 N–H and O–H groups in total. The fourth-order valence-corrected chi connectivity index (χ4v) is 2.87. The van der Waals surface area contributed by atoms with Crippen LogP contribution < -0.4 is 0 Å². The Morgan fingerprint density at radius 1 is 1.18 bits per heavy atom. The zero-order chi connectivity index (χ0) is 15.5. The highest BCUT2D eigenvalue weighted by Gasteiger charge is 2.28. The molecule has 2 heterocycles. The highest BCUT2D eigenvalue weighted by Crippen LogP contribution is 2.32. The standard InChI is InChI=1S/C17H18FN3O/c1-12-19-10-14(11-20-12)17(22)21-9-3-2-4-16(21)13-5-7-15(18)8-6-13/h5-8,10-11,16H,2-4,9H2,1H3. The summed E-state index contributed by atoms with van der Waals surface area (Å²) in [5, 5.41) is 0. The number of carbonyl (C=O) groups excluding carboxylic acids is 1. The van der Waals surface area contributed by atoms with Crippen molar-refractivity contribution < 1.29 is 9.18 Å². The van der Waals surface area contributed by atoms with Gasteiger partial charge in [0.05, 0.1) is 11.6 Å². The molecule has 3 rings (SSSR count). The van der Waals surface area contributed by atoms with Crippen LogP contribution in [0.3, 0.4) is 0 Å². The summed E-state index contributed by atoms with van der Waals surface area (Å²) in [6.45, 7) is 2.49. The molecule has 0 radical (unpaired) electrons. The first kappa shape index (κ1) is 14.6. The van der Waals surface area contributed by atoms with Gasteiger partial charge in [0.1, 0.15) is 11.6 Å². The maximum Gasteiger partial charge on any atom is 0.257 e. The SMILES string of the molecule is Cc1ncc(C(=O)N2CCCCC2c2ccc(F)cc2)cn1. The third-order valence-electron chi connectivity index (χ3n) is 4.05. The first-order valence-electron chi connectivity index (χ1n) is 7.50. The monoisotopic (exact) mass is 299 g/mol. The van der Waals surface area contributed by atoms with E-state index >= 15 is 0 Å². The Labute approximate surface area is 129 Å². The summed E-state index contributed by atoms with van der Waals surface area (Å²) in [5.74, 6) is 0.323. The third kappa shape index (κ3) is 2.98. The van der Waals surface area contributed by atoms with Gasteiger partial charge < -0.3 is 4.90 Å². The van der Waals surface area contributed by atoms with Crippen molar-refractivity contribution in [2.24, 2.45) is 0 Å². The van der Waals surface area contributed by atoms with Crippen molar-refractivity contribution >= 4 is 5.91 Å². The highest BCUT2D eigenvalue weighted by atomic mass is 19.1. The Bertz CT molecular complexity index is 655. The van der Waals surface area contributed by atoms with E-state index in [0.717, 1.165) is 24.8 Å². The van der Waals surface area contributed by atoms with Crippen molar-refractivity contribution in [2.45, 2.75) is 32.2 Å². The van der Waals surface area contributed by atoms with Crippen molar-refractivity contribution in [3.63, 3.8) is 0 Å². The molecule has 1 unspecified atom stereocenters. The van der Waals surface area contributed by atoms with Gasteiger partial charge in [-0.3, -0.25) is 4.79 Å². The number of hydrogen-bond donors (Lipinski definition) is 0. The third-order valence-corrected chi connectivity index (χ3v) is 4.05. The van der Waals surface area contributed by atoms with Gasteiger partial charge >= 0.3 is 0 Å². The number of rotatable bonds is 2. The molecule has 22 heavy (non-hydrogen) atoms. The summed E-state index contributed by atoms with van der Waals surface area (Å²) < 4.78 is 13.1. The maximum atomic E-state index is 13.1. The molecule has 1 saturated heterocycles. The first-order chi connectivity index (χ1) is 10.6. The van der Waals surface area contributed by atoms with E-state index in [4.69, 9.17) is 0 Å². The van der Waals surface area contributed by atoms with E-state index in [0.29, 0.717) is 17.9 Å². The number of nitrogens with zero attached hydrogens (tertiary/aromatic N) is 3. The molecule has 5 heteroatoms. The molecule has 1 aromatic heterocycles. The molecular formula is C17H18FN3O. The van der Waals surface area contributed by atoms with Crippen LogP contribution in [0.25, 0.3) is 0 Å². The van der Waals surface area contributed by atoms with Gasteiger partial charge in [-0.05, 0) is 43.9 Å². The number of aryl methyl sites for hydroxylation is 1. The molecule has 4 nitrogen and oxygen atoms in total. The van der Waals surface area contributed by atoms with E-state index in [1.54, 1.807) is 31.5 Å². The van der Waals surface area contributed by atoms with Gasteiger partial charge in [-0.25, -0.2) is 14.4 Å². The number of amides is 1. The molecule has 0 aliphatic carbocycles. The second kappa shape index (κ2) is 6.22. The number of benzene rings is 1. The van der Waals surface area contributed by atoms with E-state index < -0.39 is 0 Å². The van der Waals surface area contributed by atoms with Crippen LogP contribution in [0.15, 0.2) is 36.7 Å². The summed E-state index contributed by atoms with van der Waals surface area (Å²) in [6.07, 6.45) is 6.08. The quantitative estimate of drug-likeness (QED) is 0.855. The van der Waals surface area contributed by atoms with Crippen molar-refractivity contribution in [2.75, 3.05) is 6.54 Å². The van der Waals surface area contributed by atoms with Crippen LogP contribution in [-0.2, 0) is 0 Å². The fraction of sp³-hybridized carbons (Fsp3) is 0.353. The number of hydrogen-bond acceptors (Lipinski definition) is 3. The van der Waals surface area contributed by atoms with E-state index in [1.807, 2.05) is 4.90 Å². The van der Waals surface area contributed by atoms with Gasteiger partial charge in [0.2, 0.25) is 0 Å². The first-order valence-corrected chi connectivity index (χ1v) is 7.50. The summed E-state index contributed by atoms with van der Waals surface area (Å²) >= 11 is 0. The molecule has 2 aromatic rings. The largest absolute Gasteiger partial charge is 0.332 e. The second-order valence-corrected chi connectivity index (χ2v) is 5.58. The number of halogens is 1. The predicted molar refractivity (Wildman–Crippen MR) is 80.8 cm³/mol. The lowest BCUT2D eigenvalue weighted by Gasteiger charge is -2.36. The molecule has 1 aromatic carbocycles. The van der Waals surface area contributed by atoms with E-state index in [-0.39, 0.29) is 17.8 Å². The summed E-state index contributed by atoms with van der Waals surface area (Å²) in [6, 6.07) is 6.40. The van der Waals surface area contributed by atoms with Crippen LogP contribution in [0.5, 0.6) is 0 Å². The van der Waals surface area contributed by atoms with Gasteiger partial charge in [-0.15, -0.1) is 0 Å². The van der Waals surface area contributed by atoms with Gasteiger partial charge in [0, 0.05) is 18.9 Å². The summed E-state index contributed by atoms with van der Waals surface area (Å²) in [7, 11) is 0. The minimum absolute atomic E-state index is 0.0110. The molecule has 0 spiro atoms. The molecule has 1 atom stereocenters. The normalized spacial score (nSPS) is 18.3. The lowest BCUT2D eigenvalue weighted by Crippen LogP contribution is -2.38. The van der Waals surface area contributed by atoms with E-state index in [2.05, 4.69) is 9.97 Å². The van der Waals surface area contributed by atoms with Crippen LogP contribution in [0.2, 0.25) is 0 Å². The second-order valence-electron chi connectivity index (χ2n) is 5.58. The minimum atomic E-state index is -0.260. The zero-order valence-electron chi connectivity index (χ0n) is 12.5. The Morgan fingerprint density at radius 3 is 2.55 bits per heavy atom. The molecule has 1 aliphatic rings. The van der Waals surface area contributed by atoms with Crippen molar-refractivity contribution in [3.8, 4) is 0 Å². The Hall–Kier alpha value is -2.30. The van der Waals surface area contributed by atoms with Gasteiger partial charge in [0.15, 0.2) is 0 Å². The molecule has 1 aliphatic heterocycles. The van der Waals surface area contributed by atoms with Crippen LogP contribution in [0.4, 0.5) is 4.39 Å². The smallest absolute Gasteiger partial charge is 0.257 e. The predicted octanol–water partition coefficient (Wildman–Crippen LogP) is 3.29. The van der Waals surface area contributed by atoms with Gasteiger partial charge in [0.25, 0.3) is 5.91 Å². The molecular weight excluding hydrogens is 281 g/mol. The summed E-state index contributed by atoms with van der Waals surface area (Å²) in [4.78, 5) is 22.8. The Kier molecular flexibility index (Phi) is 4.13. The van der Waals surface area contributed by atoms with Gasteiger partial charge in [-0.1, -0.05) is 12.1 Å². The van der Waals surface area contributed by atoms with E-state index in [1.165, 1.54) is 12.1 Å². The van der Waals surface area contributed by atoms with Crippen LogP contribution in [0, 0.1) is 12.7 Å². The van der Waals surface area contributed by atoms with Gasteiger partial charge in [-0.2, -0.15) is 0 Å². The van der Waals surface area contributed by atoms with Crippen LogP contribution >= 0.6 is 0 Å². The lowest BCUT2D eigenvalue weighted by molar-refractivity contribution is 0.0610. The average molecular weight is 299 g/mol. The van der Waals surface area contributed by atoms with Crippen molar-refractivity contribution in [3.05, 3.63) is 59.4 Å². The molecule has 1 fully saturated rings. The number of aromatic nitrogens is 2. The van der Waals surface area contributed by atoms with Crippen LogP contribution in [0.1, 0.15) is 47.1 Å².